The zero-order valence-electron chi connectivity index (χ0n) is 17.9. The van der Waals surface area contributed by atoms with E-state index < -0.39 is 21.9 Å². The van der Waals surface area contributed by atoms with E-state index >= 15 is 0 Å². The van der Waals surface area contributed by atoms with Gasteiger partial charge in [-0.05, 0) is 55.3 Å². The molecular formula is C22H22BrN3O5S2. The fourth-order valence-electron chi connectivity index (χ4n) is 3.65. The first-order chi connectivity index (χ1) is 15.8. The van der Waals surface area contributed by atoms with Crippen LogP contribution in [0.3, 0.4) is 0 Å². The molecule has 0 bridgehead atoms. The quantitative estimate of drug-likeness (QED) is 0.451. The normalized spacial score (nSPS) is 15.6. The van der Waals surface area contributed by atoms with E-state index in [2.05, 4.69) is 20.9 Å². The maximum Gasteiger partial charge on any atom is 0.325 e. The summed E-state index contributed by atoms with van der Waals surface area (Å²) in [7, 11) is -2.27. The van der Waals surface area contributed by atoms with Gasteiger partial charge in [0.25, 0.3) is 5.91 Å². The summed E-state index contributed by atoms with van der Waals surface area (Å²) >= 11 is 4.70. The summed E-state index contributed by atoms with van der Waals surface area (Å²) in [6.07, 6.45) is 2.74. The highest BCUT2D eigenvalue weighted by atomic mass is 79.9. The molecular weight excluding hydrogens is 530 g/mol. The Kier molecular flexibility index (Phi) is 7.13. The monoisotopic (exact) mass is 551 g/mol. The molecule has 0 radical (unpaired) electrons. The molecule has 2 aromatic carbocycles. The number of halogens is 1. The number of esters is 1. The van der Waals surface area contributed by atoms with Crippen LogP contribution in [0.5, 0.6) is 0 Å². The Labute approximate surface area is 203 Å². The van der Waals surface area contributed by atoms with Crippen LogP contribution in [0.15, 0.2) is 56.8 Å². The number of aromatic nitrogens is 1. The van der Waals surface area contributed by atoms with Gasteiger partial charge in [-0.3, -0.25) is 9.59 Å². The van der Waals surface area contributed by atoms with Crippen molar-refractivity contribution in [2.24, 2.45) is 4.99 Å². The summed E-state index contributed by atoms with van der Waals surface area (Å²) in [4.78, 5) is 29.5. The molecule has 1 aromatic heterocycles. The molecule has 1 aliphatic heterocycles. The molecule has 4 rings (SSSR count). The predicted octanol–water partition coefficient (Wildman–Crippen LogP) is 3.55. The van der Waals surface area contributed by atoms with Crippen LogP contribution in [0.4, 0.5) is 0 Å². The highest BCUT2D eigenvalue weighted by Gasteiger charge is 2.26. The molecule has 0 spiro atoms. The minimum absolute atomic E-state index is 0.0860. The van der Waals surface area contributed by atoms with Crippen LogP contribution in [0.2, 0.25) is 0 Å². The van der Waals surface area contributed by atoms with Crippen molar-refractivity contribution in [1.29, 1.82) is 0 Å². The van der Waals surface area contributed by atoms with E-state index in [0.29, 0.717) is 17.9 Å². The van der Waals surface area contributed by atoms with E-state index in [9.17, 15) is 18.0 Å². The van der Waals surface area contributed by atoms with Crippen LogP contribution in [0, 0.1) is 0 Å². The van der Waals surface area contributed by atoms with E-state index in [0.717, 1.165) is 34.0 Å². The van der Waals surface area contributed by atoms with Gasteiger partial charge in [0.05, 0.1) is 22.2 Å². The Morgan fingerprint density at radius 2 is 1.79 bits per heavy atom. The van der Waals surface area contributed by atoms with Crippen LogP contribution in [0.1, 0.15) is 29.6 Å². The average molecular weight is 552 g/mol. The van der Waals surface area contributed by atoms with Gasteiger partial charge in [-0.25, -0.2) is 8.42 Å². The molecule has 1 fully saturated rings. The number of nitrogens with zero attached hydrogens (tertiary/aromatic N) is 3. The summed E-state index contributed by atoms with van der Waals surface area (Å²) in [6, 6.07) is 11.4. The summed E-state index contributed by atoms with van der Waals surface area (Å²) in [5, 5.41) is 0. The minimum Gasteiger partial charge on any atom is -0.468 e. The van der Waals surface area contributed by atoms with E-state index in [4.69, 9.17) is 4.74 Å². The number of benzene rings is 2. The van der Waals surface area contributed by atoms with Crippen molar-refractivity contribution in [3.8, 4) is 0 Å². The third-order valence-electron chi connectivity index (χ3n) is 5.41. The molecule has 0 aliphatic carbocycles. The molecule has 8 nitrogen and oxygen atoms in total. The number of methoxy groups -OCH3 is 1. The number of carbonyl (C=O) groups excluding carboxylic acids is 2. The second kappa shape index (κ2) is 9.88. The average Bonchev–Trinajstić information content (AvgIpc) is 3.15. The van der Waals surface area contributed by atoms with Crippen LogP contribution < -0.4 is 4.80 Å². The molecule has 174 valence electrons. The Morgan fingerprint density at radius 1 is 1.09 bits per heavy atom. The first-order valence-electron chi connectivity index (χ1n) is 10.3. The molecule has 33 heavy (non-hydrogen) atoms. The maximum absolute atomic E-state index is 12.9. The van der Waals surface area contributed by atoms with Gasteiger partial charge in [0.1, 0.15) is 6.54 Å². The van der Waals surface area contributed by atoms with Crippen LogP contribution in [-0.2, 0) is 26.1 Å². The lowest BCUT2D eigenvalue weighted by atomic mass is 10.2. The van der Waals surface area contributed by atoms with Crippen LogP contribution in [-0.4, -0.2) is 49.4 Å². The Hall–Kier alpha value is -2.34. The smallest absolute Gasteiger partial charge is 0.325 e. The number of fused-ring (bicyclic) bond motifs is 1. The number of carbonyl (C=O) groups is 2. The number of rotatable bonds is 5. The molecule has 11 heteroatoms. The molecule has 0 atom stereocenters. The Morgan fingerprint density at radius 3 is 2.45 bits per heavy atom. The molecule has 0 N–H and O–H groups in total. The van der Waals surface area contributed by atoms with E-state index in [1.54, 1.807) is 4.57 Å². The van der Waals surface area contributed by atoms with Crippen molar-refractivity contribution < 1.29 is 22.7 Å². The van der Waals surface area contributed by atoms with Gasteiger partial charge in [0.15, 0.2) is 4.80 Å². The number of thiazole rings is 1. The highest BCUT2D eigenvalue weighted by molar-refractivity contribution is 9.10. The van der Waals surface area contributed by atoms with E-state index in [1.807, 2.05) is 18.2 Å². The zero-order chi connectivity index (χ0) is 23.6. The van der Waals surface area contributed by atoms with Gasteiger partial charge in [0, 0.05) is 23.1 Å². The fourth-order valence-corrected chi connectivity index (χ4v) is 6.75. The van der Waals surface area contributed by atoms with Gasteiger partial charge in [-0.2, -0.15) is 9.30 Å². The first-order valence-corrected chi connectivity index (χ1v) is 13.4. The number of amides is 1. The van der Waals surface area contributed by atoms with Crippen molar-refractivity contribution in [2.75, 3.05) is 20.2 Å². The summed E-state index contributed by atoms with van der Waals surface area (Å²) < 4.78 is 35.3. The number of piperidine rings is 1. The van der Waals surface area contributed by atoms with E-state index in [1.165, 1.54) is 47.0 Å². The van der Waals surface area contributed by atoms with E-state index in [-0.39, 0.29) is 17.0 Å². The standard InChI is InChI=1S/C22H22BrN3O5S2/c1-31-20(27)14-26-18-10-7-16(23)13-19(18)32-22(26)24-21(28)15-5-8-17(9-6-15)33(29,30)25-11-3-2-4-12-25/h5-10,13H,2-4,11-12,14H2,1H3. The van der Waals surface area contributed by atoms with Gasteiger partial charge in [-0.1, -0.05) is 33.7 Å². The fraction of sp³-hybridized carbons (Fsp3) is 0.318. The predicted molar refractivity (Wildman–Crippen MR) is 128 cm³/mol. The summed E-state index contributed by atoms with van der Waals surface area (Å²) in [6.45, 7) is 0.943. The number of sulfonamides is 1. The topological polar surface area (TPSA) is 98.0 Å². The van der Waals surface area contributed by atoms with Crippen LogP contribution in [0.25, 0.3) is 10.2 Å². The van der Waals surface area contributed by atoms with Crippen molar-refractivity contribution >= 4 is 59.4 Å². The third-order valence-corrected chi connectivity index (χ3v) is 8.86. The molecule has 0 unspecified atom stereocenters. The molecule has 0 saturated carbocycles. The van der Waals surface area contributed by atoms with Crippen LogP contribution >= 0.6 is 27.3 Å². The first kappa shape index (κ1) is 23.8. The lowest BCUT2D eigenvalue weighted by molar-refractivity contribution is -0.141. The van der Waals surface area contributed by atoms with Gasteiger partial charge < -0.3 is 9.30 Å². The molecule has 1 amide bonds. The Bertz CT molecular complexity index is 1370. The minimum atomic E-state index is -3.57. The van der Waals surface area contributed by atoms with Crippen molar-refractivity contribution in [2.45, 2.75) is 30.7 Å². The Balaban J connectivity index is 1.66. The molecule has 1 saturated heterocycles. The second-order valence-electron chi connectivity index (χ2n) is 7.57. The molecule has 2 heterocycles. The summed E-state index contributed by atoms with van der Waals surface area (Å²) in [5.41, 5.74) is 1.01. The maximum atomic E-state index is 12.9. The van der Waals surface area contributed by atoms with Crippen molar-refractivity contribution in [3.05, 3.63) is 57.3 Å². The number of hydrogen-bond donors (Lipinski definition) is 0. The van der Waals surface area contributed by atoms with Crippen molar-refractivity contribution in [3.63, 3.8) is 0 Å². The lowest BCUT2D eigenvalue weighted by Crippen LogP contribution is -2.35. The SMILES string of the molecule is COC(=O)Cn1c(=NC(=O)c2ccc(S(=O)(=O)N3CCCCC3)cc2)sc2cc(Br)ccc21. The van der Waals surface area contributed by atoms with Gasteiger partial charge >= 0.3 is 5.97 Å². The molecule has 1 aliphatic rings. The number of ether oxygens (including phenoxy) is 1. The second-order valence-corrected chi connectivity index (χ2v) is 11.4. The van der Waals surface area contributed by atoms with Gasteiger partial charge in [0.2, 0.25) is 10.0 Å². The highest BCUT2D eigenvalue weighted by Crippen LogP contribution is 2.23. The largest absolute Gasteiger partial charge is 0.468 e. The lowest BCUT2D eigenvalue weighted by Gasteiger charge is -2.25. The zero-order valence-corrected chi connectivity index (χ0v) is 21.1. The van der Waals surface area contributed by atoms with Crippen molar-refractivity contribution in [1.82, 2.24) is 8.87 Å². The van der Waals surface area contributed by atoms with Gasteiger partial charge in [-0.15, -0.1) is 0 Å². The summed E-state index contributed by atoms with van der Waals surface area (Å²) in [5.74, 6) is -0.986. The number of hydrogen-bond acceptors (Lipinski definition) is 6. The molecule has 3 aromatic rings. The third kappa shape index (κ3) is 5.11.